The second-order valence-corrected chi connectivity index (χ2v) is 5.06. The molecule has 0 bridgehead atoms. The van der Waals surface area contributed by atoms with E-state index in [1.165, 1.54) is 0 Å². The summed E-state index contributed by atoms with van der Waals surface area (Å²) in [4.78, 5) is 16.8. The number of anilines is 1. The normalized spacial score (nSPS) is 11.1. The van der Waals surface area contributed by atoms with Crippen LogP contribution in [0, 0.1) is 6.92 Å². The zero-order valence-electron chi connectivity index (χ0n) is 12.0. The van der Waals surface area contributed by atoms with Crippen LogP contribution in [-0.4, -0.2) is 18.3 Å². The number of benzene rings is 2. The summed E-state index contributed by atoms with van der Waals surface area (Å²) >= 11 is 5.86. The number of rotatable bonds is 5. The minimum absolute atomic E-state index is 0.219. The summed E-state index contributed by atoms with van der Waals surface area (Å²) in [5.74, 6) is -0.105. The SMILES string of the molecule is Cc1cc(Cl)ccc1NC(=O)CO/N=C(/N)c1ccccc1. The van der Waals surface area contributed by atoms with Crippen LogP contribution in [0.5, 0.6) is 0 Å². The Balaban J connectivity index is 1.88. The smallest absolute Gasteiger partial charge is 0.265 e. The first kappa shape index (κ1) is 15.9. The molecule has 0 heterocycles. The van der Waals surface area contributed by atoms with Crippen LogP contribution < -0.4 is 11.1 Å². The van der Waals surface area contributed by atoms with E-state index in [1.54, 1.807) is 30.3 Å². The standard InChI is InChI=1S/C16H16ClN3O2/c1-11-9-13(17)7-8-14(11)19-15(21)10-22-20-16(18)12-5-3-2-4-6-12/h2-9H,10H2,1H3,(H2,18,20)(H,19,21). The van der Waals surface area contributed by atoms with Crippen LogP contribution in [0.15, 0.2) is 53.7 Å². The summed E-state index contributed by atoms with van der Waals surface area (Å²) in [6.45, 7) is 1.63. The summed E-state index contributed by atoms with van der Waals surface area (Å²) in [6, 6.07) is 14.4. The minimum atomic E-state index is -0.324. The van der Waals surface area contributed by atoms with E-state index in [2.05, 4.69) is 10.5 Å². The minimum Gasteiger partial charge on any atom is -0.384 e. The van der Waals surface area contributed by atoms with Crippen LogP contribution in [0.3, 0.4) is 0 Å². The molecule has 6 heteroatoms. The number of carbonyl (C=O) groups is 1. The van der Waals surface area contributed by atoms with Crippen molar-refractivity contribution in [3.05, 3.63) is 64.7 Å². The van der Waals surface area contributed by atoms with Gasteiger partial charge < -0.3 is 15.9 Å². The van der Waals surface area contributed by atoms with E-state index in [0.29, 0.717) is 10.7 Å². The zero-order chi connectivity index (χ0) is 15.9. The molecule has 0 unspecified atom stereocenters. The average molecular weight is 318 g/mol. The number of amides is 1. The van der Waals surface area contributed by atoms with Crippen LogP contribution in [0.2, 0.25) is 5.02 Å². The molecule has 0 fully saturated rings. The number of aryl methyl sites for hydroxylation is 1. The Bertz CT molecular complexity index is 687. The molecule has 0 aromatic heterocycles. The number of halogens is 1. The number of nitrogens with one attached hydrogen (secondary N) is 1. The highest BCUT2D eigenvalue weighted by molar-refractivity contribution is 6.30. The van der Waals surface area contributed by atoms with Crippen LogP contribution in [0.4, 0.5) is 5.69 Å². The van der Waals surface area contributed by atoms with Gasteiger partial charge in [0.1, 0.15) is 0 Å². The van der Waals surface area contributed by atoms with E-state index >= 15 is 0 Å². The number of nitrogens with two attached hydrogens (primary N) is 1. The Morgan fingerprint density at radius 2 is 2.00 bits per heavy atom. The molecule has 2 aromatic rings. The zero-order valence-corrected chi connectivity index (χ0v) is 12.8. The van der Waals surface area contributed by atoms with E-state index in [9.17, 15) is 4.79 Å². The molecule has 1 amide bonds. The molecule has 2 aromatic carbocycles. The van der Waals surface area contributed by atoms with Gasteiger partial charge in [0.15, 0.2) is 12.4 Å². The van der Waals surface area contributed by atoms with Crippen LogP contribution in [0.25, 0.3) is 0 Å². The van der Waals surface area contributed by atoms with E-state index < -0.39 is 0 Å². The fourth-order valence-corrected chi connectivity index (χ4v) is 2.00. The second kappa shape index (κ2) is 7.47. The van der Waals surface area contributed by atoms with Crippen molar-refractivity contribution in [3.8, 4) is 0 Å². The first-order chi connectivity index (χ1) is 10.6. The van der Waals surface area contributed by atoms with Crippen molar-refractivity contribution in [2.24, 2.45) is 10.9 Å². The van der Waals surface area contributed by atoms with Gasteiger partial charge in [0, 0.05) is 16.3 Å². The molecule has 0 atom stereocenters. The first-order valence-corrected chi connectivity index (χ1v) is 7.01. The van der Waals surface area contributed by atoms with Gasteiger partial charge in [-0.05, 0) is 30.7 Å². The molecular weight excluding hydrogens is 302 g/mol. The maximum atomic E-state index is 11.8. The van der Waals surface area contributed by atoms with Crippen LogP contribution in [-0.2, 0) is 9.63 Å². The predicted octanol–water partition coefficient (Wildman–Crippen LogP) is 2.92. The lowest BCUT2D eigenvalue weighted by molar-refractivity contribution is -0.120. The number of hydrogen-bond acceptors (Lipinski definition) is 3. The number of nitrogens with zero attached hydrogens (tertiary/aromatic N) is 1. The summed E-state index contributed by atoms with van der Waals surface area (Å²) < 4.78 is 0. The van der Waals surface area contributed by atoms with Crippen LogP contribution in [0.1, 0.15) is 11.1 Å². The summed E-state index contributed by atoms with van der Waals surface area (Å²) in [7, 11) is 0. The molecular formula is C16H16ClN3O2. The van der Waals surface area contributed by atoms with Gasteiger partial charge in [-0.2, -0.15) is 0 Å². The highest BCUT2D eigenvalue weighted by Crippen LogP contribution is 2.19. The maximum absolute atomic E-state index is 11.8. The number of oxime groups is 1. The van der Waals surface area contributed by atoms with E-state index in [4.69, 9.17) is 22.2 Å². The Kier molecular flexibility index (Phi) is 5.38. The summed E-state index contributed by atoms with van der Waals surface area (Å²) in [5, 5.41) is 7.06. The van der Waals surface area contributed by atoms with Gasteiger partial charge in [-0.1, -0.05) is 47.1 Å². The summed E-state index contributed by atoms with van der Waals surface area (Å²) in [6.07, 6.45) is 0. The Hall–Kier alpha value is -2.53. The lowest BCUT2D eigenvalue weighted by Gasteiger charge is -2.08. The summed E-state index contributed by atoms with van der Waals surface area (Å²) in [5.41, 5.74) is 8.03. The molecule has 0 saturated carbocycles. The van der Waals surface area contributed by atoms with E-state index in [0.717, 1.165) is 11.1 Å². The molecule has 0 radical (unpaired) electrons. The Labute approximate surface area is 133 Å². The lowest BCUT2D eigenvalue weighted by Crippen LogP contribution is -2.19. The molecule has 5 nitrogen and oxygen atoms in total. The van der Waals surface area contributed by atoms with Gasteiger partial charge in [0.05, 0.1) is 0 Å². The number of amidine groups is 1. The molecule has 0 spiro atoms. The molecule has 0 aliphatic carbocycles. The van der Waals surface area contributed by atoms with Crippen molar-refractivity contribution in [1.29, 1.82) is 0 Å². The largest absolute Gasteiger partial charge is 0.384 e. The van der Waals surface area contributed by atoms with E-state index in [1.807, 2.05) is 25.1 Å². The fraction of sp³-hybridized carbons (Fsp3) is 0.125. The molecule has 2 rings (SSSR count). The highest BCUT2D eigenvalue weighted by atomic mass is 35.5. The van der Waals surface area contributed by atoms with Crippen molar-refractivity contribution in [3.63, 3.8) is 0 Å². The van der Waals surface area contributed by atoms with Gasteiger partial charge >= 0.3 is 0 Å². The third-order valence-corrected chi connectivity index (χ3v) is 3.13. The topological polar surface area (TPSA) is 76.7 Å². The van der Waals surface area contributed by atoms with Crippen molar-refractivity contribution in [2.75, 3.05) is 11.9 Å². The molecule has 0 aliphatic rings. The lowest BCUT2D eigenvalue weighted by atomic mass is 10.2. The average Bonchev–Trinajstić information content (AvgIpc) is 2.51. The third-order valence-electron chi connectivity index (χ3n) is 2.89. The van der Waals surface area contributed by atoms with Crippen molar-refractivity contribution in [1.82, 2.24) is 0 Å². The maximum Gasteiger partial charge on any atom is 0.265 e. The van der Waals surface area contributed by atoms with Gasteiger partial charge in [0.2, 0.25) is 0 Å². The Morgan fingerprint density at radius 3 is 2.68 bits per heavy atom. The Morgan fingerprint density at radius 1 is 1.27 bits per heavy atom. The number of carbonyl (C=O) groups excluding carboxylic acids is 1. The second-order valence-electron chi connectivity index (χ2n) is 4.62. The van der Waals surface area contributed by atoms with Crippen molar-refractivity contribution >= 4 is 29.0 Å². The third kappa shape index (κ3) is 4.49. The number of hydrogen-bond donors (Lipinski definition) is 2. The molecule has 114 valence electrons. The predicted molar refractivity (Wildman–Crippen MR) is 87.9 cm³/mol. The van der Waals surface area contributed by atoms with Gasteiger partial charge in [0.25, 0.3) is 5.91 Å². The molecule has 3 N–H and O–H groups in total. The molecule has 22 heavy (non-hydrogen) atoms. The van der Waals surface area contributed by atoms with Gasteiger partial charge in [-0.15, -0.1) is 0 Å². The molecule has 0 saturated heterocycles. The van der Waals surface area contributed by atoms with Crippen molar-refractivity contribution < 1.29 is 9.63 Å². The van der Waals surface area contributed by atoms with Gasteiger partial charge in [-0.25, -0.2) is 0 Å². The highest BCUT2D eigenvalue weighted by Gasteiger charge is 2.06. The monoisotopic (exact) mass is 317 g/mol. The fourth-order valence-electron chi connectivity index (χ4n) is 1.78. The van der Waals surface area contributed by atoms with Crippen molar-refractivity contribution in [2.45, 2.75) is 6.92 Å². The first-order valence-electron chi connectivity index (χ1n) is 6.63. The quantitative estimate of drug-likeness (QED) is 0.505. The van der Waals surface area contributed by atoms with Crippen LogP contribution >= 0.6 is 11.6 Å². The molecule has 0 aliphatic heterocycles. The van der Waals surface area contributed by atoms with E-state index in [-0.39, 0.29) is 18.3 Å². The van der Waals surface area contributed by atoms with Gasteiger partial charge in [-0.3, -0.25) is 4.79 Å².